The van der Waals surface area contributed by atoms with Crippen molar-refractivity contribution in [3.8, 4) is 0 Å². The molecule has 6 rings (SSSR count). The zero-order valence-corrected chi connectivity index (χ0v) is 24.6. The Morgan fingerprint density at radius 1 is 0.907 bits per heavy atom. The molecule has 0 bridgehead atoms. The number of likely N-dealkylation sites (N-methyl/N-ethyl adjacent to an activating group) is 1. The third kappa shape index (κ3) is 6.62. The Bertz CT molecular complexity index is 1640. The quantitative estimate of drug-likeness (QED) is 0.168. The molecule has 3 aromatic carbocycles. The number of nitrogens with zero attached hydrogens (tertiary/aromatic N) is 4. The van der Waals surface area contributed by atoms with Crippen molar-refractivity contribution in [1.29, 1.82) is 0 Å². The van der Waals surface area contributed by atoms with Gasteiger partial charge in [-0.1, -0.05) is 60.7 Å². The highest BCUT2D eigenvalue weighted by atomic mass is 16.3. The summed E-state index contributed by atoms with van der Waals surface area (Å²) < 4.78 is 7.60. The lowest BCUT2D eigenvalue weighted by atomic mass is 9.90. The molecule has 1 fully saturated rings. The van der Waals surface area contributed by atoms with Crippen LogP contribution in [0.2, 0.25) is 0 Å². The molecule has 43 heavy (non-hydrogen) atoms. The predicted octanol–water partition coefficient (Wildman–Crippen LogP) is 6.52. The van der Waals surface area contributed by atoms with Crippen molar-refractivity contribution in [3.05, 3.63) is 126 Å². The van der Waals surface area contributed by atoms with Gasteiger partial charge >= 0.3 is 0 Å². The van der Waals surface area contributed by atoms with Gasteiger partial charge in [0.2, 0.25) is 5.78 Å². The van der Waals surface area contributed by atoms with E-state index in [4.69, 9.17) is 9.40 Å². The summed E-state index contributed by atoms with van der Waals surface area (Å²) >= 11 is 0. The van der Waals surface area contributed by atoms with Gasteiger partial charge in [0, 0.05) is 31.0 Å². The number of furan rings is 1. The number of amides is 1. The molecule has 0 radical (unpaired) electrons. The van der Waals surface area contributed by atoms with Crippen LogP contribution in [0, 0.1) is 5.92 Å². The van der Waals surface area contributed by atoms with Gasteiger partial charge in [-0.05, 0) is 80.9 Å². The lowest BCUT2D eigenvalue weighted by Crippen LogP contribution is -2.38. The van der Waals surface area contributed by atoms with Crippen LogP contribution in [0.15, 0.2) is 108 Å². The summed E-state index contributed by atoms with van der Waals surface area (Å²) in [6.07, 6.45) is 4.22. The van der Waals surface area contributed by atoms with Crippen molar-refractivity contribution < 1.29 is 14.0 Å². The van der Waals surface area contributed by atoms with Crippen LogP contribution < -0.4 is 0 Å². The molecule has 7 nitrogen and oxygen atoms in total. The molecule has 1 aliphatic rings. The molecule has 0 aliphatic carbocycles. The molecule has 1 saturated heterocycles. The first kappa shape index (κ1) is 28.6. The van der Waals surface area contributed by atoms with Crippen molar-refractivity contribution in [2.45, 2.75) is 31.7 Å². The van der Waals surface area contributed by atoms with Crippen LogP contribution in [-0.2, 0) is 6.54 Å². The van der Waals surface area contributed by atoms with Crippen LogP contribution in [0.25, 0.3) is 11.0 Å². The van der Waals surface area contributed by atoms with Gasteiger partial charge in [-0.3, -0.25) is 9.59 Å². The number of fused-ring (bicyclic) bond motifs is 1. The first-order valence-corrected chi connectivity index (χ1v) is 15.2. The minimum atomic E-state index is -0.0528. The van der Waals surface area contributed by atoms with Crippen molar-refractivity contribution >= 4 is 22.7 Å². The zero-order valence-electron chi connectivity index (χ0n) is 24.6. The fourth-order valence-corrected chi connectivity index (χ4v) is 6.22. The molecule has 0 spiro atoms. The third-order valence-corrected chi connectivity index (χ3v) is 8.65. The Hall–Kier alpha value is -4.49. The zero-order chi connectivity index (χ0) is 29.6. The summed E-state index contributed by atoms with van der Waals surface area (Å²) in [4.78, 5) is 36.0. The largest absolute Gasteiger partial charge is 0.467 e. The van der Waals surface area contributed by atoms with E-state index in [1.165, 1.54) is 5.56 Å². The highest BCUT2D eigenvalue weighted by Crippen LogP contribution is 2.27. The highest BCUT2D eigenvalue weighted by Gasteiger charge is 2.30. The number of Topliss-reactive ketones (excluding diaryl/α,β-unsaturated/α-hetero) is 1. The summed E-state index contributed by atoms with van der Waals surface area (Å²) in [5.41, 5.74) is 3.73. The molecule has 0 N–H and O–H groups in total. The SMILES string of the molecule is CN(CC(CCN1CCC(C(=O)c2nc3ccccc3n2Cc2ccco2)CC1)c1ccccc1)C(=O)c1ccccc1. The van der Waals surface area contributed by atoms with E-state index in [-0.39, 0.29) is 23.5 Å². The van der Waals surface area contributed by atoms with E-state index in [2.05, 4.69) is 29.2 Å². The number of carbonyl (C=O) groups is 2. The summed E-state index contributed by atoms with van der Waals surface area (Å²) in [5.74, 6) is 1.65. The maximum absolute atomic E-state index is 13.8. The fraction of sp³-hybridized carbons (Fsp3) is 0.306. The predicted molar refractivity (Wildman–Crippen MR) is 168 cm³/mol. The number of para-hydroxylation sites is 2. The Balaban J connectivity index is 1.09. The maximum Gasteiger partial charge on any atom is 0.253 e. The molecule has 5 aromatic rings. The Morgan fingerprint density at radius 2 is 1.60 bits per heavy atom. The van der Waals surface area contributed by atoms with Crippen LogP contribution in [-0.4, -0.2) is 64.3 Å². The van der Waals surface area contributed by atoms with Crippen molar-refractivity contribution in [2.24, 2.45) is 5.92 Å². The Kier molecular flexibility index (Phi) is 8.80. The number of rotatable bonds is 11. The summed E-state index contributed by atoms with van der Waals surface area (Å²) in [5, 5.41) is 0. The minimum absolute atomic E-state index is 0.0407. The Labute approximate surface area is 252 Å². The van der Waals surface area contributed by atoms with Gasteiger partial charge in [-0.25, -0.2) is 4.98 Å². The van der Waals surface area contributed by atoms with E-state index in [0.29, 0.717) is 24.5 Å². The van der Waals surface area contributed by atoms with Gasteiger partial charge in [-0.15, -0.1) is 0 Å². The number of hydrogen-bond donors (Lipinski definition) is 0. The van der Waals surface area contributed by atoms with Gasteiger partial charge in [0.15, 0.2) is 5.82 Å². The Morgan fingerprint density at radius 3 is 2.33 bits per heavy atom. The average molecular weight is 575 g/mol. The lowest BCUT2D eigenvalue weighted by Gasteiger charge is -2.33. The maximum atomic E-state index is 13.8. The molecule has 1 atom stereocenters. The second kappa shape index (κ2) is 13.2. The molecule has 3 heterocycles. The van der Waals surface area contributed by atoms with E-state index in [1.54, 1.807) is 6.26 Å². The third-order valence-electron chi connectivity index (χ3n) is 8.65. The first-order chi connectivity index (χ1) is 21.1. The van der Waals surface area contributed by atoms with Crippen LogP contribution >= 0.6 is 0 Å². The topological polar surface area (TPSA) is 71.6 Å². The molecular formula is C36H38N4O3. The number of likely N-dealkylation sites (tertiary alicyclic amines) is 1. The van der Waals surface area contributed by atoms with Crippen molar-refractivity contribution in [1.82, 2.24) is 19.4 Å². The second-order valence-corrected chi connectivity index (χ2v) is 11.5. The normalized spacial score (nSPS) is 15.0. The molecule has 2 aromatic heterocycles. The van der Waals surface area contributed by atoms with Gasteiger partial charge in [0.05, 0.1) is 23.8 Å². The number of ketones is 1. The van der Waals surface area contributed by atoms with Crippen molar-refractivity contribution in [2.75, 3.05) is 33.2 Å². The number of hydrogen-bond acceptors (Lipinski definition) is 5. The van der Waals surface area contributed by atoms with Crippen molar-refractivity contribution in [3.63, 3.8) is 0 Å². The van der Waals surface area contributed by atoms with E-state index in [1.807, 2.05) is 89.3 Å². The lowest BCUT2D eigenvalue weighted by molar-refractivity contribution is 0.0779. The summed E-state index contributed by atoms with van der Waals surface area (Å²) in [6.45, 7) is 3.79. The van der Waals surface area contributed by atoms with Crippen LogP contribution in [0.3, 0.4) is 0 Å². The molecule has 1 unspecified atom stereocenters. The highest BCUT2D eigenvalue weighted by molar-refractivity contribution is 5.98. The molecule has 1 aliphatic heterocycles. The molecular weight excluding hydrogens is 536 g/mol. The fourth-order valence-electron chi connectivity index (χ4n) is 6.22. The van der Waals surface area contributed by atoms with Gasteiger partial charge in [0.1, 0.15) is 5.76 Å². The van der Waals surface area contributed by atoms with E-state index in [0.717, 1.165) is 55.7 Å². The summed E-state index contributed by atoms with van der Waals surface area (Å²) in [7, 11) is 1.89. The van der Waals surface area contributed by atoms with E-state index in [9.17, 15) is 9.59 Å². The van der Waals surface area contributed by atoms with Gasteiger partial charge in [-0.2, -0.15) is 0 Å². The van der Waals surface area contributed by atoms with E-state index >= 15 is 0 Å². The van der Waals surface area contributed by atoms with Gasteiger partial charge < -0.3 is 18.8 Å². The minimum Gasteiger partial charge on any atom is -0.467 e. The average Bonchev–Trinajstić information content (AvgIpc) is 3.72. The number of benzene rings is 3. The molecule has 0 saturated carbocycles. The van der Waals surface area contributed by atoms with E-state index < -0.39 is 0 Å². The van der Waals surface area contributed by atoms with Crippen LogP contribution in [0.4, 0.5) is 0 Å². The number of imidazole rings is 1. The smallest absolute Gasteiger partial charge is 0.253 e. The summed E-state index contributed by atoms with van der Waals surface area (Å²) in [6, 6.07) is 31.7. The van der Waals surface area contributed by atoms with Crippen LogP contribution in [0.5, 0.6) is 0 Å². The number of aromatic nitrogens is 2. The monoisotopic (exact) mass is 574 g/mol. The molecule has 1 amide bonds. The number of carbonyl (C=O) groups excluding carboxylic acids is 2. The standard InChI is InChI=1S/C36H38N4O3/c1-38(36(42)29-13-6-3-7-14-29)25-30(27-11-4-2-5-12-27)20-23-39-21-18-28(19-22-39)34(41)35-37-32-16-8-9-17-33(32)40(35)26-31-15-10-24-43-31/h2-17,24,28,30H,18-23,25-26H2,1H3. The second-order valence-electron chi connectivity index (χ2n) is 11.5. The number of piperidine rings is 1. The first-order valence-electron chi connectivity index (χ1n) is 15.2. The van der Waals surface area contributed by atoms with Crippen LogP contribution in [0.1, 0.15) is 57.5 Å². The molecule has 7 heteroatoms. The van der Waals surface area contributed by atoms with Gasteiger partial charge in [0.25, 0.3) is 5.91 Å². The molecule has 220 valence electrons.